The summed E-state index contributed by atoms with van der Waals surface area (Å²) in [4.78, 5) is 11.2. The first-order valence-electron chi connectivity index (χ1n) is 6.84. The lowest BCUT2D eigenvalue weighted by Crippen LogP contribution is -2.30. The number of hydrogen-bond donors (Lipinski definition) is 2. The minimum Gasteiger partial charge on any atom is -0.486 e. The molecule has 3 N–H and O–H groups in total. The van der Waals surface area contributed by atoms with Crippen LogP contribution in [0.1, 0.15) is 17.5 Å². The third-order valence-electron chi connectivity index (χ3n) is 3.16. The van der Waals surface area contributed by atoms with Gasteiger partial charge < -0.3 is 4.74 Å². The van der Waals surface area contributed by atoms with Gasteiger partial charge in [0.15, 0.2) is 5.75 Å². The summed E-state index contributed by atoms with van der Waals surface area (Å²) < 4.78 is 6.51. The van der Waals surface area contributed by atoms with Gasteiger partial charge in [-0.3, -0.25) is 10.2 Å². The summed E-state index contributed by atoms with van der Waals surface area (Å²) in [5.41, 5.74) is 4.01. The molecule has 2 rings (SSSR count). The molecule has 0 unspecified atom stereocenters. The standard InChI is InChI=1S/C16H15BrCl2N2O2/c17-13-7-11(3-6-15(22)21-20)8-14(19)16(13)23-9-10-1-4-12(18)5-2-10/h1-2,4-5,7-8H,3,6,9,20H2,(H,21,22). The number of nitrogens with two attached hydrogens (primary N) is 1. The summed E-state index contributed by atoms with van der Waals surface area (Å²) in [5, 5.41) is 1.16. The average Bonchev–Trinajstić information content (AvgIpc) is 2.53. The molecule has 0 radical (unpaired) electrons. The van der Waals surface area contributed by atoms with E-state index in [1.807, 2.05) is 30.3 Å². The molecular formula is C16H15BrCl2N2O2. The lowest BCUT2D eigenvalue weighted by molar-refractivity contribution is -0.121. The van der Waals surface area contributed by atoms with E-state index in [4.69, 9.17) is 33.8 Å². The van der Waals surface area contributed by atoms with Crippen molar-refractivity contribution < 1.29 is 9.53 Å². The van der Waals surface area contributed by atoms with Crippen LogP contribution in [0.25, 0.3) is 0 Å². The van der Waals surface area contributed by atoms with Crippen LogP contribution in [0.3, 0.4) is 0 Å². The quantitative estimate of drug-likeness (QED) is 0.419. The molecule has 0 fully saturated rings. The van der Waals surface area contributed by atoms with Gasteiger partial charge in [0.05, 0.1) is 9.50 Å². The van der Waals surface area contributed by atoms with Crippen LogP contribution >= 0.6 is 39.1 Å². The van der Waals surface area contributed by atoms with Crippen molar-refractivity contribution in [3.05, 3.63) is 62.0 Å². The van der Waals surface area contributed by atoms with Gasteiger partial charge in [0.2, 0.25) is 5.91 Å². The zero-order valence-corrected chi connectivity index (χ0v) is 15.2. The molecule has 0 saturated heterocycles. The molecule has 4 nitrogen and oxygen atoms in total. The molecule has 23 heavy (non-hydrogen) atoms. The van der Waals surface area contributed by atoms with Crippen molar-refractivity contribution in [2.24, 2.45) is 5.84 Å². The van der Waals surface area contributed by atoms with E-state index in [1.54, 1.807) is 6.07 Å². The highest BCUT2D eigenvalue weighted by atomic mass is 79.9. The van der Waals surface area contributed by atoms with Crippen molar-refractivity contribution in [1.29, 1.82) is 0 Å². The van der Waals surface area contributed by atoms with E-state index in [0.29, 0.717) is 35.2 Å². The number of hydrogen-bond acceptors (Lipinski definition) is 3. The molecule has 0 aliphatic carbocycles. The zero-order valence-electron chi connectivity index (χ0n) is 12.1. The molecule has 2 aromatic carbocycles. The number of aryl methyl sites for hydroxylation is 1. The fourth-order valence-electron chi connectivity index (χ4n) is 1.96. The fourth-order valence-corrected chi connectivity index (χ4v) is 3.12. The fraction of sp³-hybridized carbons (Fsp3) is 0.188. The maximum Gasteiger partial charge on any atom is 0.234 e. The maximum absolute atomic E-state index is 11.2. The van der Waals surface area contributed by atoms with E-state index in [0.717, 1.165) is 15.6 Å². The number of ether oxygens (including phenoxy) is 1. The third-order valence-corrected chi connectivity index (χ3v) is 4.28. The van der Waals surface area contributed by atoms with Gasteiger partial charge in [0.25, 0.3) is 0 Å². The second kappa shape index (κ2) is 8.55. The van der Waals surface area contributed by atoms with Crippen LogP contribution < -0.4 is 16.0 Å². The van der Waals surface area contributed by atoms with Crippen molar-refractivity contribution in [1.82, 2.24) is 5.43 Å². The van der Waals surface area contributed by atoms with E-state index in [9.17, 15) is 4.79 Å². The predicted octanol–water partition coefficient (Wildman–Crippen LogP) is 4.26. The monoisotopic (exact) mass is 416 g/mol. The Kier molecular flexibility index (Phi) is 6.72. The number of benzene rings is 2. The van der Waals surface area contributed by atoms with Crippen LogP contribution in [0.4, 0.5) is 0 Å². The number of carbonyl (C=O) groups excluding carboxylic acids is 1. The van der Waals surface area contributed by atoms with Gasteiger partial charge in [0, 0.05) is 11.4 Å². The first-order chi connectivity index (χ1) is 11.0. The van der Waals surface area contributed by atoms with Crippen LogP contribution in [0.2, 0.25) is 10.0 Å². The molecule has 0 heterocycles. The van der Waals surface area contributed by atoms with Crippen LogP contribution in [0.15, 0.2) is 40.9 Å². The van der Waals surface area contributed by atoms with Crippen LogP contribution in [0.5, 0.6) is 5.75 Å². The van der Waals surface area contributed by atoms with E-state index < -0.39 is 0 Å². The summed E-state index contributed by atoms with van der Waals surface area (Å²) >= 11 is 15.6. The minimum absolute atomic E-state index is 0.222. The Bertz CT molecular complexity index is 670. The van der Waals surface area contributed by atoms with Gasteiger partial charge in [-0.2, -0.15) is 0 Å². The summed E-state index contributed by atoms with van der Waals surface area (Å²) in [6, 6.07) is 11.1. The van der Waals surface area contributed by atoms with E-state index >= 15 is 0 Å². The number of hydrazine groups is 1. The highest BCUT2D eigenvalue weighted by Gasteiger charge is 2.11. The summed E-state index contributed by atoms with van der Waals surface area (Å²) in [6.07, 6.45) is 0.836. The zero-order chi connectivity index (χ0) is 16.8. The Hall–Kier alpha value is -1.27. The molecule has 0 bridgehead atoms. The smallest absolute Gasteiger partial charge is 0.234 e. The Labute approximate surface area is 153 Å². The highest BCUT2D eigenvalue weighted by molar-refractivity contribution is 9.10. The first-order valence-corrected chi connectivity index (χ1v) is 8.39. The van der Waals surface area contributed by atoms with Gasteiger partial charge >= 0.3 is 0 Å². The second-order valence-electron chi connectivity index (χ2n) is 4.87. The highest BCUT2D eigenvalue weighted by Crippen LogP contribution is 2.35. The summed E-state index contributed by atoms with van der Waals surface area (Å²) in [7, 11) is 0. The number of carbonyl (C=O) groups is 1. The number of rotatable bonds is 6. The molecule has 0 aromatic heterocycles. The molecule has 7 heteroatoms. The molecule has 0 spiro atoms. The van der Waals surface area contributed by atoms with Crippen LogP contribution in [-0.4, -0.2) is 5.91 Å². The Morgan fingerprint density at radius 2 is 1.87 bits per heavy atom. The topological polar surface area (TPSA) is 64.3 Å². The van der Waals surface area contributed by atoms with Crippen molar-refractivity contribution in [3.8, 4) is 5.75 Å². The Morgan fingerprint density at radius 1 is 1.17 bits per heavy atom. The molecule has 1 amide bonds. The lowest BCUT2D eigenvalue weighted by Gasteiger charge is -2.12. The maximum atomic E-state index is 11.2. The molecule has 122 valence electrons. The lowest BCUT2D eigenvalue weighted by atomic mass is 10.1. The van der Waals surface area contributed by atoms with Gasteiger partial charge in [-0.15, -0.1) is 0 Å². The normalized spacial score (nSPS) is 10.4. The van der Waals surface area contributed by atoms with Gasteiger partial charge in [-0.25, -0.2) is 5.84 Å². The summed E-state index contributed by atoms with van der Waals surface area (Å²) in [5.74, 6) is 5.40. The largest absolute Gasteiger partial charge is 0.486 e. The van der Waals surface area contributed by atoms with Gasteiger partial charge in [-0.1, -0.05) is 35.3 Å². The molecular weight excluding hydrogens is 403 g/mol. The van der Waals surface area contributed by atoms with E-state index in [1.165, 1.54) is 0 Å². The van der Waals surface area contributed by atoms with E-state index in [-0.39, 0.29) is 5.91 Å². The molecule has 2 aromatic rings. The first kappa shape index (κ1) is 18.1. The predicted molar refractivity (Wildman–Crippen MR) is 95.6 cm³/mol. The third kappa shape index (κ3) is 5.39. The Balaban J connectivity index is 2.04. The molecule has 0 aliphatic heterocycles. The SMILES string of the molecule is NNC(=O)CCc1cc(Cl)c(OCc2ccc(Cl)cc2)c(Br)c1. The number of halogens is 3. The van der Waals surface area contributed by atoms with Crippen LogP contribution in [0, 0.1) is 0 Å². The minimum atomic E-state index is -0.222. The van der Waals surface area contributed by atoms with Gasteiger partial charge in [-0.05, 0) is 57.7 Å². The van der Waals surface area contributed by atoms with Gasteiger partial charge in [0.1, 0.15) is 6.61 Å². The summed E-state index contributed by atoms with van der Waals surface area (Å²) in [6.45, 7) is 0.379. The average molecular weight is 418 g/mol. The second-order valence-corrected chi connectivity index (χ2v) is 6.57. The van der Waals surface area contributed by atoms with Crippen molar-refractivity contribution in [2.45, 2.75) is 19.4 Å². The van der Waals surface area contributed by atoms with Crippen molar-refractivity contribution in [2.75, 3.05) is 0 Å². The van der Waals surface area contributed by atoms with Crippen molar-refractivity contribution in [3.63, 3.8) is 0 Å². The Morgan fingerprint density at radius 3 is 2.48 bits per heavy atom. The molecule has 0 atom stereocenters. The van der Waals surface area contributed by atoms with Crippen molar-refractivity contribution >= 4 is 45.0 Å². The molecule has 0 saturated carbocycles. The van der Waals surface area contributed by atoms with Crippen LogP contribution in [-0.2, 0) is 17.8 Å². The number of nitrogens with one attached hydrogen (secondary N) is 1. The molecule has 0 aliphatic rings. The number of amides is 1. The van der Waals surface area contributed by atoms with E-state index in [2.05, 4.69) is 21.4 Å².